The van der Waals surface area contributed by atoms with E-state index in [9.17, 15) is 14.8 Å². The molecule has 19 heavy (non-hydrogen) atoms. The highest BCUT2D eigenvalue weighted by atomic mass is 32.1. The van der Waals surface area contributed by atoms with Crippen LogP contribution >= 0.6 is 11.3 Å². The maximum atomic E-state index is 13.3. The second-order valence-electron chi connectivity index (χ2n) is 4.18. The van der Waals surface area contributed by atoms with E-state index >= 15 is 0 Å². The van der Waals surface area contributed by atoms with E-state index in [-0.39, 0.29) is 18.3 Å². The average Bonchev–Trinajstić information content (AvgIpc) is 2.92. The van der Waals surface area contributed by atoms with E-state index < -0.39 is 5.92 Å². The van der Waals surface area contributed by atoms with E-state index in [2.05, 4.69) is 11.1 Å². The number of halogens is 1. The first-order valence-corrected chi connectivity index (χ1v) is 6.78. The van der Waals surface area contributed by atoms with Crippen molar-refractivity contribution in [1.82, 2.24) is 4.98 Å². The Kier molecular flexibility index (Phi) is 4.61. The van der Waals surface area contributed by atoms with Crippen LogP contribution < -0.4 is 0 Å². The first-order valence-electron chi connectivity index (χ1n) is 5.90. The Morgan fingerprint density at radius 1 is 1.47 bits per heavy atom. The summed E-state index contributed by atoms with van der Waals surface area (Å²) < 4.78 is 13.3. The number of aliphatic hydroxyl groups is 1. The van der Waals surface area contributed by atoms with Gasteiger partial charge >= 0.3 is 0 Å². The Morgan fingerprint density at radius 3 is 2.89 bits per heavy atom. The van der Waals surface area contributed by atoms with Crippen molar-refractivity contribution < 1.29 is 9.50 Å². The quantitative estimate of drug-likeness (QED) is 0.913. The van der Waals surface area contributed by atoms with E-state index in [0.29, 0.717) is 12.0 Å². The summed E-state index contributed by atoms with van der Waals surface area (Å²) in [5.74, 6) is -1.00. The Bertz CT molecular complexity index is 565. The fourth-order valence-electron chi connectivity index (χ4n) is 2.12. The number of thiazole rings is 1. The highest BCUT2D eigenvalue weighted by molar-refractivity contribution is 7.09. The molecular weight excluding hydrogens is 263 g/mol. The van der Waals surface area contributed by atoms with Crippen molar-refractivity contribution in [1.29, 1.82) is 5.26 Å². The zero-order valence-corrected chi connectivity index (χ0v) is 11.0. The third-order valence-electron chi connectivity index (χ3n) is 3.01. The molecule has 0 spiro atoms. The van der Waals surface area contributed by atoms with Gasteiger partial charge in [-0.3, -0.25) is 4.98 Å². The standard InChI is InChI=1S/C14H13FN2OS/c15-11-3-1-2-10(6-11)13(7-16)12(4-5-18)14-8-17-9-19-14/h1-3,6,8-9,12-13,18H,4-5H2/t12-,13+/m0/s1. The fraction of sp³-hybridized carbons (Fsp3) is 0.286. The minimum absolute atomic E-state index is 0.0178. The number of aromatic nitrogens is 1. The van der Waals surface area contributed by atoms with Crippen molar-refractivity contribution in [2.24, 2.45) is 0 Å². The second kappa shape index (κ2) is 6.41. The van der Waals surface area contributed by atoms with Crippen LogP contribution in [0.3, 0.4) is 0 Å². The Hall–Kier alpha value is -1.77. The molecule has 2 aromatic rings. The first-order chi connectivity index (χ1) is 9.26. The number of nitriles is 1. The summed E-state index contributed by atoms with van der Waals surface area (Å²) in [5.41, 5.74) is 2.33. The molecule has 0 radical (unpaired) electrons. The molecule has 0 saturated heterocycles. The molecule has 2 rings (SSSR count). The number of hydrogen-bond acceptors (Lipinski definition) is 4. The fourth-order valence-corrected chi connectivity index (χ4v) is 2.91. The summed E-state index contributed by atoms with van der Waals surface area (Å²) in [5, 5.41) is 18.6. The van der Waals surface area contributed by atoms with Gasteiger partial charge in [-0.2, -0.15) is 5.26 Å². The highest BCUT2D eigenvalue weighted by Crippen LogP contribution is 2.36. The number of hydrogen-bond donors (Lipinski definition) is 1. The molecule has 1 aromatic carbocycles. The van der Waals surface area contributed by atoms with Crippen molar-refractivity contribution in [2.75, 3.05) is 6.61 Å². The third kappa shape index (κ3) is 3.16. The van der Waals surface area contributed by atoms with E-state index in [1.54, 1.807) is 23.8 Å². The van der Waals surface area contributed by atoms with Gasteiger partial charge in [-0.1, -0.05) is 12.1 Å². The third-order valence-corrected chi connectivity index (χ3v) is 3.91. The van der Waals surface area contributed by atoms with Crippen LogP contribution in [-0.2, 0) is 0 Å². The van der Waals surface area contributed by atoms with E-state index in [0.717, 1.165) is 4.88 Å². The minimum Gasteiger partial charge on any atom is -0.396 e. The lowest BCUT2D eigenvalue weighted by atomic mass is 9.84. The Labute approximate surface area is 115 Å². The summed E-state index contributed by atoms with van der Waals surface area (Å²) in [6, 6.07) is 8.28. The van der Waals surface area contributed by atoms with E-state index in [4.69, 9.17) is 0 Å². The average molecular weight is 276 g/mol. The maximum absolute atomic E-state index is 13.3. The molecule has 0 aliphatic carbocycles. The van der Waals surface area contributed by atoms with Crippen molar-refractivity contribution in [3.05, 3.63) is 52.2 Å². The molecule has 0 amide bonds. The van der Waals surface area contributed by atoms with Gasteiger partial charge < -0.3 is 5.11 Å². The van der Waals surface area contributed by atoms with Crippen LogP contribution in [0, 0.1) is 17.1 Å². The van der Waals surface area contributed by atoms with Crippen LogP contribution in [0.2, 0.25) is 0 Å². The Balaban J connectivity index is 2.36. The monoisotopic (exact) mass is 276 g/mol. The molecule has 0 saturated carbocycles. The smallest absolute Gasteiger partial charge is 0.123 e. The normalized spacial score (nSPS) is 13.7. The Morgan fingerprint density at radius 2 is 2.32 bits per heavy atom. The molecule has 1 aromatic heterocycles. The van der Waals surface area contributed by atoms with Crippen LogP contribution in [0.1, 0.15) is 28.7 Å². The lowest BCUT2D eigenvalue weighted by Gasteiger charge is -2.20. The number of aliphatic hydroxyl groups excluding tert-OH is 1. The molecule has 0 fully saturated rings. The van der Waals surface area contributed by atoms with Gasteiger partial charge in [0, 0.05) is 23.6 Å². The van der Waals surface area contributed by atoms with Crippen LogP contribution in [0.25, 0.3) is 0 Å². The molecule has 5 heteroatoms. The highest BCUT2D eigenvalue weighted by Gasteiger charge is 2.25. The topological polar surface area (TPSA) is 56.9 Å². The number of nitrogens with zero attached hydrogens (tertiary/aromatic N) is 2. The summed E-state index contributed by atoms with van der Waals surface area (Å²) in [4.78, 5) is 4.94. The van der Waals surface area contributed by atoms with Crippen LogP contribution in [0.5, 0.6) is 0 Å². The van der Waals surface area contributed by atoms with E-state index in [1.807, 2.05) is 0 Å². The molecule has 0 bridgehead atoms. The minimum atomic E-state index is -0.483. The molecule has 0 aliphatic rings. The SMILES string of the molecule is N#C[C@H](c1cccc(F)c1)[C@H](CCO)c1cncs1. The summed E-state index contributed by atoms with van der Waals surface area (Å²) >= 11 is 1.45. The van der Waals surface area contributed by atoms with Gasteiger partial charge in [0.25, 0.3) is 0 Å². The van der Waals surface area contributed by atoms with Crippen LogP contribution in [0.15, 0.2) is 36.0 Å². The molecule has 1 heterocycles. The van der Waals surface area contributed by atoms with Crippen molar-refractivity contribution in [3.63, 3.8) is 0 Å². The van der Waals surface area contributed by atoms with Gasteiger partial charge in [0.15, 0.2) is 0 Å². The molecule has 98 valence electrons. The van der Waals surface area contributed by atoms with E-state index in [1.165, 1.54) is 23.5 Å². The molecule has 0 aliphatic heterocycles. The molecule has 3 nitrogen and oxygen atoms in total. The summed E-state index contributed by atoms with van der Waals surface area (Å²) in [6.45, 7) is -0.0178. The predicted molar refractivity (Wildman–Crippen MR) is 71.3 cm³/mol. The van der Waals surface area contributed by atoms with Gasteiger partial charge in [-0.25, -0.2) is 4.39 Å². The lowest BCUT2D eigenvalue weighted by Crippen LogP contribution is -2.11. The summed E-state index contributed by atoms with van der Waals surface area (Å²) in [7, 11) is 0. The zero-order valence-electron chi connectivity index (χ0n) is 10.2. The van der Waals surface area contributed by atoms with Crippen LogP contribution in [-0.4, -0.2) is 16.7 Å². The van der Waals surface area contributed by atoms with Gasteiger partial charge in [0.05, 0.1) is 17.5 Å². The van der Waals surface area contributed by atoms with Crippen LogP contribution in [0.4, 0.5) is 4.39 Å². The van der Waals surface area contributed by atoms with Crippen molar-refractivity contribution in [3.8, 4) is 6.07 Å². The van der Waals surface area contributed by atoms with Gasteiger partial charge in [-0.05, 0) is 24.1 Å². The second-order valence-corrected chi connectivity index (χ2v) is 5.10. The maximum Gasteiger partial charge on any atom is 0.123 e. The van der Waals surface area contributed by atoms with Crippen molar-refractivity contribution >= 4 is 11.3 Å². The number of rotatable bonds is 5. The van der Waals surface area contributed by atoms with Gasteiger partial charge in [0.2, 0.25) is 0 Å². The molecule has 0 unspecified atom stereocenters. The molecule has 2 atom stereocenters. The molecule has 1 N–H and O–H groups in total. The van der Waals surface area contributed by atoms with Gasteiger partial charge in [-0.15, -0.1) is 11.3 Å². The van der Waals surface area contributed by atoms with Gasteiger partial charge in [0.1, 0.15) is 5.82 Å². The molecular formula is C14H13FN2OS. The summed E-state index contributed by atoms with van der Waals surface area (Å²) in [6.07, 6.45) is 2.16. The lowest BCUT2D eigenvalue weighted by molar-refractivity contribution is 0.272. The zero-order chi connectivity index (χ0) is 13.7. The first kappa shape index (κ1) is 13.7. The predicted octanol–water partition coefficient (Wildman–Crippen LogP) is 3.06. The number of benzene rings is 1. The largest absolute Gasteiger partial charge is 0.396 e. The van der Waals surface area contributed by atoms with Crippen molar-refractivity contribution in [2.45, 2.75) is 18.3 Å².